The van der Waals surface area contributed by atoms with E-state index in [2.05, 4.69) is 10.4 Å². The van der Waals surface area contributed by atoms with Crippen molar-refractivity contribution in [3.63, 3.8) is 0 Å². The van der Waals surface area contributed by atoms with Crippen molar-refractivity contribution in [3.8, 4) is 5.69 Å². The number of amides is 2. The molecule has 0 aliphatic carbocycles. The van der Waals surface area contributed by atoms with E-state index in [4.69, 9.17) is 9.47 Å². The molecule has 0 radical (unpaired) electrons. The molecule has 0 fully saturated rings. The summed E-state index contributed by atoms with van der Waals surface area (Å²) in [6.45, 7) is 5.28. The van der Waals surface area contributed by atoms with Crippen LogP contribution in [0.1, 0.15) is 32.0 Å². The monoisotopic (exact) mass is 532 g/mol. The van der Waals surface area contributed by atoms with Crippen molar-refractivity contribution in [1.29, 1.82) is 0 Å². The van der Waals surface area contributed by atoms with Gasteiger partial charge in [0.05, 0.1) is 12.2 Å². The fourth-order valence-corrected chi connectivity index (χ4v) is 3.20. The number of rotatable bonds is 7. The Hall–Kier alpha value is -4.35. The highest BCUT2D eigenvalue weighted by Crippen LogP contribution is 2.17. The highest BCUT2D eigenvalue weighted by molar-refractivity contribution is 5.84. The molecule has 0 aliphatic rings. The number of hydrogen-bond acceptors (Lipinski definition) is 6. The first-order valence-corrected chi connectivity index (χ1v) is 11.5. The van der Waals surface area contributed by atoms with Crippen LogP contribution < -0.4 is 10.7 Å². The van der Waals surface area contributed by atoms with Crippen LogP contribution in [0.4, 0.5) is 28.4 Å². The van der Waals surface area contributed by atoms with E-state index in [-0.39, 0.29) is 31.0 Å². The number of ether oxygens (including phenoxy) is 2. The second-order valence-electron chi connectivity index (χ2n) is 9.33. The molecular formula is C26H27F3N4O5. The van der Waals surface area contributed by atoms with Gasteiger partial charge in [-0.15, -0.1) is 0 Å². The lowest BCUT2D eigenvalue weighted by Gasteiger charge is -2.24. The summed E-state index contributed by atoms with van der Waals surface area (Å²) in [7, 11) is 1.52. The Morgan fingerprint density at radius 2 is 1.76 bits per heavy atom. The summed E-state index contributed by atoms with van der Waals surface area (Å²) >= 11 is 0. The molecule has 1 heterocycles. The molecular weight excluding hydrogens is 505 g/mol. The van der Waals surface area contributed by atoms with Gasteiger partial charge in [0.2, 0.25) is 5.43 Å². The topological polar surface area (TPSA) is 103 Å². The van der Waals surface area contributed by atoms with Crippen molar-refractivity contribution in [3.05, 3.63) is 87.6 Å². The lowest BCUT2D eigenvalue weighted by Crippen LogP contribution is -2.36. The summed E-state index contributed by atoms with van der Waals surface area (Å²) < 4.78 is 51.9. The first-order chi connectivity index (χ1) is 17.8. The summed E-state index contributed by atoms with van der Waals surface area (Å²) in [6, 6.07) is 9.26. The molecule has 9 nitrogen and oxygen atoms in total. The van der Waals surface area contributed by atoms with Crippen molar-refractivity contribution >= 4 is 17.9 Å². The molecule has 202 valence electrons. The van der Waals surface area contributed by atoms with E-state index >= 15 is 0 Å². The SMILES string of the molecule is CN(CCOC(=O)Nc1cccc(Cc2nn(-c3cc(F)c(F)c(F)c3)ccc2=O)c1)C(=O)OC(C)(C)C. The van der Waals surface area contributed by atoms with Gasteiger partial charge >= 0.3 is 12.2 Å². The fourth-order valence-electron chi connectivity index (χ4n) is 3.20. The van der Waals surface area contributed by atoms with E-state index < -0.39 is 40.7 Å². The van der Waals surface area contributed by atoms with E-state index in [0.29, 0.717) is 11.3 Å². The minimum absolute atomic E-state index is 0.0388. The molecule has 38 heavy (non-hydrogen) atoms. The van der Waals surface area contributed by atoms with Crippen molar-refractivity contribution in [2.24, 2.45) is 0 Å². The second kappa shape index (κ2) is 11.8. The molecule has 0 spiro atoms. The molecule has 1 N–H and O–H groups in total. The Morgan fingerprint density at radius 3 is 2.42 bits per heavy atom. The molecule has 0 saturated heterocycles. The van der Waals surface area contributed by atoms with Gasteiger partial charge in [0.1, 0.15) is 17.9 Å². The van der Waals surface area contributed by atoms with E-state index in [1.807, 2.05) is 0 Å². The maximum atomic E-state index is 13.6. The Bertz CT molecular complexity index is 1360. The lowest BCUT2D eigenvalue weighted by molar-refractivity contribution is 0.0265. The third-order valence-corrected chi connectivity index (χ3v) is 5.02. The van der Waals surface area contributed by atoms with Gasteiger partial charge < -0.3 is 14.4 Å². The van der Waals surface area contributed by atoms with E-state index in [1.165, 1.54) is 24.2 Å². The molecule has 0 saturated carbocycles. The van der Waals surface area contributed by atoms with Gasteiger partial charge in [0.25, 0.3) is 0 Å². The third kappa shape index (κ3) is 7.82. The van der Waals surface area contributed by atoms with E-state index in [1.54, 1.807) is 45.0 Å². The maximum Gasteiger partial charge on any atom is 0.411 e. The number of anilines is 1. The van der Waals surface area contributed by atoms with Gasteiger partial charge in [-0.1, -0.05) is 12.1 Å². The number of aromatic nitrogens is 2. The molecule has 3 aromatic rings. The summed E-state index contributed by atoms with van der Waals surface area (Å²) in [6.07, 6.45) is -0.0405. The molecule has 0 aliphatic heterocycles. The number of nitrogens with one attached hydrogen (secondary N) is 1. The summed E-state index contributed by atoms with van der Waals surface area (Å²) in [4.78, 5) is 37.8. The molecule has 12 heteroatoms. The largest absolute Gasteiger partial charge is 0.447 e. The number of halogens is 3. The Balaban J connectivity index is 1.62. The number of hydrogen-bond donors (Lipinski definition) is 1. The van der Waals surface area contributed by atoms with Crippen LogP contribution in [0.5, 0.6) is 0 Å². The predicted molar refractivity (Wildman–Crippen MR) is 133 cm³/mol. The van der Waals surface area contributed by atoms with Gasteiger partial charge in [0.15, 0.2) is 17.5 Å². The zero-order chi connectivity index (χ0) is 28.0. The maximum absolute atomic E-state index is 13.6. The van der Waals surface area contributed by atoms with Crippen molar-refractivity contribution < 1.29 is 32.2 Å². The normalized spacial score (nSPS) is 11.1. The average Bonchev–Trinajstić information content (AvgIpc) is 2.82. The van der Waals surface area contributed by atoms with E-state index in [9.17, 15) is 27.6 Å². The summed E-state index contributed by atoms with van der Waals surface area (Å²) in [5, 5.41) is 6.69. The minimum atomic E-state index is -1.60. The van der Waals surface area contributed by atoms with Crippen LogP contribution in [0.25, 0.3) is 5.69 Å². The minimum Gasteiger partial charge on any atom is -0.447 e. The Kier molecular flexibility index (Phi) is 8.76. The molecule has 2 aromatic carbocycles. The highest BCUT2D eigenvalue weighted by Gasteiger charge is 2.19. The Morgan fingerprint density at radius 1 is 1.08 bits per heavy atom. The first kappa shape index (κ1) is 28.2. The third-order valence-electron chi connectivity index (χ3n) is 5.02. The van der Waals surface area contributed by atoms with Crippen LogP contribution in [0.2, 0.25) is 0 Å². The zero-order valence-electron chi connectivity index (χ0n) is 21.3. The van der Waals surface area contributed by atoms with Gasteiger partial charge in [-0.3, -0.25) is 10.1 Å². The quantitative estimate of drug-likeness (QED) is 0.444. The molecule has 2 amide bonds. The number of benzene rings is 2. The van der Waals surface area contributed by atoms with Gasteiger partial charge in [-0.05, 0) is 38.5 Å². The average molecular weight is 533 g/mol. The highest BCUT2D eigenvalue weighted by atomic mass is 19.2. The van der Waals surface area contributed by atoms with Crippen molar-refractivity contribution in [2.75, 3.05) is 25.5 Å². The Labute approximate surface area is 216 Å². The lowest BCUT2D eigenvalue weighted by atomic mass is 10.1. The number of carbonyl (C=O) groups excluding carboxylic acids is 2. The molecule has 0 atom stereocenters. The first-order valence-electron chi connectivity index (χ1n) is 11.5. The zero-order valence-corrected chi connectivity index (χ0v) is 21.3. The van der Waals surface area contributed by atoms with Gasteiger partial charge in [0, 0.05) is 43.6 Å². The second-order valence-corrected chi connectivity index (χ2v) is 9.33. The molecule has 1 aromatic heterocycles. The summed E-state index contributed by atoms with van der Waals surface area (Å²) in [5.41, 5.74) is -0.122. The van der Waals surface area contributed by atoms with Gasteiger partial charge in [-0.25, -0.2) is 27.4 Å². The smallest absolute Gasteiger partial charge is 0.411 e. The van der Waals surface area contributed by atoms with Crippen LogP contribution >= 0.6 is 0 Å². The van der Waals surface area contributed by atoms with Gasteiger partial charge in [-0.2, -0.15) is 5.10 Å². The van der Waals surface area contributed by atoms with Crippen LogP contribution in [0, 0.1) is 17.5 Å². The number of nitrogens with zero attached hydrogens (tertiary/aromatic N) is 3. The number of likely N-dealkylation sites (N-methyl/N-ethyl adjacent to an activating group) is 1. The van der Waals surface area contributed by atoms with Crippen LogP contribution in [0.15, 0.2) is 53.5 Å². The van der Waals surface area contributed by atoms with Crippen LogP contribution in [-0.2, 0) is 15.9 Å². The summed E-state index contributed by atoms with van der Waals surface area (Å²) in [5.74, 6) is -4.37. The van der Waals surface area contributed by atoms with E-state index in [0.717, 1.165) is 16.8 Å². The van der Waals surface area contributed by atoms with Crippen molar-refractivity contribution in [1.82, 2.24) is 14.7 Å². The molecule has 0 unspecified atom stereocenters. The van der Waals surface area contributed by atoms with Crippen molar-refractivity contribution in [2.45, 2.75) is 32.8 Å². The number of carbonyl (C=O) groups is 2. The predicted octanol–water partition coefficient (Wildman–Crippen LogP) is 4.66. The van der Waals surface area contributed by atoms with Crippen LogP contribution in [-0.4, -0.2) is 52.7 Å². The molecule has 3 rings (SSSR count). The van der Waals surface area contributed by atoms with Crippen LogP contribution in [0.3, 0.4) is 0 Å². The standard InChI is InChI=1S/C26H27F3N4O5/c1-26(2,3)38-25(36)32(4)10-11-37-24(35)30-17-7-5-6-16(12-17)13-21-22(34)8-9-33(31-21)18-14-19(27)23(29)20(28)15-18/h5-9,12,14-15H,10-11,13H2,1-4H3,(H,30,35). The fraction of sp³-hybridized carbons (Fsp3) is 0.308. The molecule has 0 bridgehead atoms.